The monoisotopic (exact) mass is 219 g/mol. The first-order valence-electron chi connectivity index (χ1n) is 3.97. The zero-order chi connectivity index (χ0) is 9.84. The number of nitrogens with zero attached hydrogens (tertiary/aromatic N) is 2. The van der Waals surface area contributed by atoms with Gasteiger partial charge in [-0.3, -0.25) is 9.69 Å². The highest BCUT2D eigenvalue weighted by Crippen LogP contribution is 2.03. The second-order valence-electron chi connectivity index (χ2n) is 3.10. The van der Waals surface area contributed by atoms with Gasteiger partial charge in [-0.2, -0.15) is 0 Å². The lowest BCUT2D eigenvalue weighted by atomic mass is 10.1. The van der Waals surface area contributed by atoms with Crippen LogP contribution >= 0.6 is 12.4 Å². The van der Waals surface area contributed by atoms with Crippen molar-refractivity contribution in [3.05, 3.63) is 18.2 Å². The van der Waals surface area contributed by atoms with Gasteiger partial charge in [0.2, 0.25) is 0 Å². The molecule has 0 saturated heterocycles. The second-order valence-corrected chi connectivity index (χ2v) is 3.10. The Morgan fingerprint density at radius 1 is 1.71 bits per heavy atom. The third-order valence-electron chi connectivity index (χ3n) is 1.88. The molecule has 2 N–H and O–H groups in total. The Bertz CT molecular complexity index is 274. The number of likely N-dealkylation sites (N-methyl/N-ethyl adjacent to an activating group) is 1. The molecule has 5 nitrogen and oxygen atoms in total. The van der Waals surface area contributed by atoms with E-state index in [0.29, 0.717) is 6.42 Å². The van der Waals surface area contributed by atoms with E-state index in [0.717, 1.165) is 5.69 Å². The summed E-state index contributed by atoms with van der Waals surface area (Å²) in [5.74, 6) is -0.820. The van der Waals surface area contributed by atoms with E-state index in [9.17, 15) is 4.79 Å². The van der Waals surface area contributed by atoms with Gasteiger partial charge < -0.3 is 10.1 Å². The number of aromatic nitrogens is 2. The van der Waals surface area contributed by atoms with E-state index in [4.69, 9.17) is 5.11 Å². The van der Waals surface area contributed by atoms with Crippen LogP contribution in [0.5, 0.6) is 0 Å². The van der Waals surface area contributed by atoms with Gasteiger partial charge in [-0.15, -0.1) is 12.4 Å². The van der Waals surface area contributed by atoms with Crippen LogP contribution in [0.4, 0.5) is 0 Å². The van der Waals surface area contributed by atoms with Crippen molar-refractivity contribution in [2.75, 3.05) is 14.1 Å². The standard InChI is InChI=1S/C8H13N3O2.ClH/c1-11(2)7(8(12)13)3-6-4-9-5-10-6;/h4-5,7H,3H2,1-2H3,(H,9,10)(H,12,13);1H. The fourth-order valence-corrected chi connectivity index (χ4v) is 1.10. The largest absolute Gasteiger partial charge is 0.480 e. The van der Waals surface area contributed by atoms with Gasteiger partial charge in [0, 0.05) is 18.3 Å². The molecule has 1 rings (SSSR count). The zero-order valence-corrected chi connectivity index (χ0v) is 8.91. The van der Waals surface area contributed by atoms with Crippen molar-refractivity contribution in [3.63, 3.8) is 0 Å². The minimum atomic E-state index is -0.820. The summed E-state index contributed by atoms with van der Waals surface area (Å²) < 4.78 is 0. The predicted octanol–water partition coefficient (Wildman–Crippen LogP) is 0.389. The third kappa shape index (κ3) is 3.35. The molecule has 1 unspecified atom stereocenters. The van der Waals surface area contributed by atoms with Crippen LogP contribution in [0.25, 0.3) is 0 Å². The van der Waals surface area contributed by atoms with Crippen molar-refractivity contribution >= 4 is 18.4 Å². The quantitative estimate of drug-likeness (QED) is 0.769. The molecule has 0 aliphatic heterocycles. The van der Waals surface area contributed by atoms with Crippen LogP contribution in [-0.2, 0) is 11.2 Å². The van der Waals surface area contributed by atoms with Crippen LogP contribution in [0.15, 0.2) is 12.5 Å². The maximum atomic E-state index is 10.8. The predicted molar refractivity (Wildman–Crippen MR) is 54.7 cm³/mol. The van der Waals surface area contributed by atoms with Gasteiger partial charge >= 0.3 is 5.97 Å². The van der Waals surface area contributed by atoms with E-state index in [1.54, 1.807) is 31.5 Å². The molecule has 0 radical (unpaired) electrons. The Balaban J connectivity index is 0.00000169. The number of halogens is 1. The first-order valence-corrected chi connectivity index (χ1v) is 3.97. The van der Waals surface area contributed by atoms with Crippen molar-refractivity contribution in [1.29, 1.82) is 0 Å². The van der Waals surface area contributed by atoms with Crippen molar-refractivity contribution < 1.29 is 9.90 Å². The van der Waals surface area contributed by atoms with Gasteiger partial charge in [0.05, 0.1) is 6.33 Å². The number of aliphatic carboxylic acids is 1. The Hall–Kier alpha value is -1.07. The Kier molecular flexibility index (Phi) is 5.19. The number of carbonyl (C=O) groups is 1. The van der Waals surface area contributed by atoms with Crippen LogP contribution in [0.1, 0.15) is 5.69 Å². The molecule has 0 amide bonds. The molecule has 1 atom stereocenters. The van der Waals surface area contributed by atoms with E-state index >= 15 is 0 Å². The zero-order valence-electron chi connectivity index (χ0n) is 8.10. The number of carboxylic acid groups (broad SMARTS) is 1. The molecular formula is C8H14ClN3O2. The summed E-state index contributed by atoms with van der Waals surface area (Å²) in [7, 11) is 3.49. The van der Waals surface area contributed by atoms with Gasteiger partial charge in [-0.1, -0.05) is 0 Å². The topological polar surface area (TPSA) is 69.2 Å². The Morgan fingerprint density at radius 2 is 2.36 bits per heavy atom. The molecule has 0 aliphatic rings. The number of carboxylic acids is 1. The fourth-order valence-electron chi connectivity index (χ4n) is 1.10. The average molecular weight is 220 g/mol. The molecule has 14 heavy (non-hydrogen) atoms. The number of rotatable bonds is 4. The van der Waals surface area contributed by atoms with Crippen molar-refractivity contribution in [3.8, 4) is 0 Å². The van der Waals surface area contributed by atoms with E-state index < -0.39 is 12.0 Å². The summed E-state index contributed by atoms with van der Waals surface area (Å²) in [5.41, 5.74) is 0.834. The minimum Gasteiger partial charge on any atom is -0.480 e. The molecule has 1 aromatic heterocycles. The molecule has 0 aliphatic carbocycles. The number of aromatic amines is 1. The molecule has 0 saturated carbocycles. The lowest BCUT2D eigenvalue weighted by Gasteiger charge is -2.18. The Labute approximate surface area is 88.6 Å². The smallest absolute Gasteiger partial charge is 0.321 e. The summed E-state index contributed by atoms with van der Waals surface area (Å²) >= 11 is 0. The lowest BCUT2D eigenvalue weighted by molar-refractivity contribution is -0.142. The van der Waals surface area contributed by atoms with Crippen molar-refractivity contribution in [2.45, 2.75) is 12.5 Å². The summed E-state index contributed by atoms with van der Waals surface area (Å²) in [6, 6.07) is -0.500. The van der Waals surface area contributed by atoms with E-state index in [1.807, 2.05) is 0 Å². The summed E-state index contributed by atoms with van der Waals surface area (Å²) in [5, 5.41) is 8.87. The average Bonchev–Trinajstić information content (AvgIpc) is 2.50. The molecule has 80 valence electrons. The lowest BCUT2D eigenvalue weighted by Crippen LogP contribution is -2.37. The van der Waals surface area contributed by atoms with Gasteiger partial charge in [-0.25, -0.2) is 4.98 Å². The molecule has 0 spiro atoms. The SMILES string of the molecule is CN(C)C(Cc1cnc[nH]1)C(=O)O.Cl. The van der Waals surface area contributed by atoms with Crippen LogP contribution in [0, 0.1) is 0 Å². The molecule has 0 aromatic carbocycles. The molecule has 0 fully saturated rings. The Morgan fingerprint density at radius 3 is 2.71 bits per heavy atom. The highest BCUT2D eigenvalue weighted by Gasteiger charge is 2.20. The van der Waals surface area contributed by atoms with Crippen LogP contribution in [0.3, 0.4) is 0 Å². The third-order valence-corrected chi connectivity index (χ3v) is 1.88. The van der Waals surface area contributed by atoms with Gasteiger partial charge in [-0.05, 0) is 14.1 Å². The number of H-pyrrole nitrogens is 1. The number of hydrogen-bond acceptors (Lipinski definition) is 3. The van der Waals surface area contributed by atoms with Crippen LogP contribution < -0.4 is 0 Å². The number of imidazole rings is 1. The van der Waals surface area contributed by atoms with Gasteiger partial charge in [0.15, 0.2) is 0 Å². The highest BCUT2D eigenvalue weighted by molar-refractivity contribution is 5.85. The minimum absolute atomic E-state index is 0. The van der Waals surface area contributed by atoms with Crippen molar-refractivity contribution in [1.82, 2.24) is 14.9 Å². The number of nitrogens with one attached hydrogen (secondary N) is 1. The second kappa shape index (κ2) is 5.62. The van der Waals surface area contributed by atoms with Crippen molar-refractivity contribution in [2.24, 2.45) is 0 Å². The maximum absolute atomic E-state index is 10.8. The molecule has 6 heteroatoms. The molecule has 1 aromatic rings. The van der Waals surface area contributed by atoms with E-state index in [2.05, 4.69) is 9.97 Å². The van der Waals surface area contributed by atoms with Gasteiger partial charge in [0.1, 0.15) is 6.04 Å². The molecule has 1 heterocycles. The maximum Gasteiger partial charge on any atom is 0.321 e. The van der Waals surface area contributed by atoms with Gasteiger partial charge in [0.25, 0.3) is 0 Å². The van der Waals surface area contributed by atoms with E-state index in [1.165, 1.54) is 0 Å². The normalized spacial score (nSPS) is 12.2. The fraction of sp³-hybridized carbons (Fsp3) is 0.500. The van der Waals surface area contributed by atoms with E-state index in [-0.39, 0.29) is 12.4 Å². The summed E-state index contributed by atoms with van der Waals surface area (Å²) in [6.07, 6.45) is 3.63. The molecular weight excluding hydrogens is 206 g/mol. The number of hydrogen-bond donors (Lipinski definition) is 2. The molecule has 0 bridgehead atoms. The summed E-state index contributed by atoms with van der Waals surface area (Å²) in [6.45, 7) is 0. The van der Waals surface area contributed by atoms with Crippen LogP contribution in [0.2, 0.25) is 0 Å². The van der Waals surface area contributed by atoms with Crippen LogP contribution in [-0.4, -0.2) is 46.1 Å². The highest BCUT2D eigenvalue weighted by atomic mass is 35.5. The first-order chi connectivity index (χ1) is 6.11. The first kappa shape index (κ1) is 12.9. The summed E-state index contributed by atoms with van der Waals surface area (Å²) in [4.78, 5) is 19.2.